The number of hydrogen-bond donors (Lipinski definition) is 3. The zero-order valence-electron chi connectivity index (χ0n) is 11.6. The normalized spacial score (nSPS) is 39.3. The lowest BCUT2D eigenvalue weighted by Crippen LogP contribution is -2.60. The number of fused-ring (bicyclic) bond motifs is 1. The number of carboxylic acid groups (broad SMARTS) is 2. The first kappa shape index (κ1) is 14.9. The van der Waals surface area contributed by atoms with Crippen LogP contribution >= 0.6 is 0 Å². The Bertz CT molecular complexity index is 624. The third-order valence-corrected chi connectivity index (χ3v) is 4.79. The molecule has 2 aliphatic rings. The van der Waals surface area contributed by atoms with Gasteiger partial charge in [0.15, 0.2) is 0 Å². The summed E-state index contributed by atoms with van der Waals surface area (Å²) in [7, 11) is 0. The number of alkyl halides is 1. The molecule has 0 bridgehead atoms. The molecule has 6 nitrogen and oxygen atoms in total. The molecule has 1 aromatic carbocycles. The monoisotopic (exact) mass is 309 g/mol. The summed E-state index contributed by atoms with van der Waals surface area (Å²) in [6.45, 7) is 0.142. The van der Waals surface area contributed by atoms with E-state index in [2.05, 4.69) is 0 Å². The predicted octanol–water partition coefficient (Wildman–Crippen LogP) is 0.796. The second kappa shape index (κ2) is 4.76. The minimum absolute atomic E-state index is 0.0108. The van der Waals surface area contributed by atoms with Gasteiger partial charge in [0, 0.05) is 11.8 Å². The zero-order chi connectivity index (χ0) is 16.1. The highest BCUT2D eigenvalue weighted by molar-refractivity contribution is 5.90. The molecule has 0 saturated heterocycles. The molecule has 4 N–H and O–H groups in total. The van der Waals surface area contributed by atoms with Gasteiger partial charge >= 0.3 is 11.9 Å². The minimum Gasteiger partial charge on any atom is -0.480 e. The van der Waals surface area contributed by atoms with Gasteiger partial charge in [-0.25, -0.2) is 9.18 Å². The van der Waals surface area contributed by atoms with Gasteiger partial charge in [-0.05, 0) is 12.0 Å². The van der Waals surface area contributed by atoms with Gasteiger partial charge in [-0.15, -0.1) is 0 Å². The molecule has 2 fully saturated rings. The van der Waals surface area contributed by atoms with Crippen LogP contribution in [0.15, 0.2) is 30.3 Å². The van der Waals surface area contributed by atoms with Crippen molar-refractivity contribution in [3.05, 3.63) is 35.9 Å². The number of aliphatic carboxylic acids is 2. The number of hydrogen-bond acceptors (Lipinski definition) is 4. The molecule has 0 spiro atoms. The molecule has 22 heavy (non-hydrogen) atoms. The highest BCUT2D eigenvalue weighted by Gasteiger charge is 2.85. The highest BCUT2D eigenvalue weighted by Crippen LogP contribution is 2.67. The number of benzene rings is 1. The van der Waals surface area contributed by atoms with Gasteiger partial charge in [0.1, 0.15) is 5.54 Å². The summed E-state index contributed by atoms with van der Waals surface area (Å²) < 4.78 is 19.9. The number of rotatable bonds is 5. The molecule has 0 unspecified atom stereocenters. The molecule has 0 amide bonds. The topological polar surface area (TPSA) is 110 Å². The number of carbonyl (C=O) groups is 2. The molecule has 0 heterocycles. The molecule has 7 heteroatoms. The molecule has 0 aliphatic heterocycles. The van der Waals surface area contributed by atoms with E-state index < -0.39 is 41.1 Å². The number of halogens is 1. The Labute approximate surface area is 125 Å². The van der Waals surface area contributed by atoms with Gasteiger partial charge in [0.05, 0.1) is 12.7 Å². The van der Waals surface area contributed by atoms with Crippen LogP contribution in [0.2, 0.25) is 0 Å². The van der Waals surface area contributed by atoms with Crippen molar-refractivity contribution in [3.63, 3.8) is 0 Å². The van der Waals surface area contributed by atoms with E-state index in [9.17, 15) is 19.1 Å². The second-order valence-corrected chi connectivity index (χ2v) is 5.92. The van der Waals surface area contributed by atoms with Gasteiger partial charge in [-0.3, -0.25) is 4.79 Å². The van der Waals surface area contributed by atoms with Crippen LogP contribution in [-0.2, 0) is 20.9 Å². The first-order valence-corrected chi connectivity index (χ1v) is 6.93. The molecule has 2 saturated carbocycles. The van der Waals surface area contributed by atoms with E-state index in [0.29, 0.717) is 0 Å². The maximum absolute atomic E-state index is 14.3. The van der Waals surface area contributed by atoms with Crippen LogP contribution in [0.1, 0.15) is 12.0 Å². The van der Waals surface area contributed by atoms with Gasteiger partial charge in [-0.2, -0.15) is 0 Å². The molecule has 2 aliphatic carbocycles. The third kappa shape index (κ3) is 1.85. The van der Waals surface area contributed by atoms with E-state index in [0.717, 1.165) is 5.56 Å². The second-order valence-electron chi connectivity index (χ2n) is 5.92. The van der Waals surface area contributed by atoms with Gasteiger partial charge < -0.3 is 20.7 Å². The van der Waals surface area contributed by atoms with Crippen LogP contribution in [0, 0.1) is 11.8 Å². The fourth-order valence-corrected chi connectivity index (χ4v) is 3.58. The summed E-state index contributed by atoms with van der Waals surface area (Å²) in [4.78, 5) is 22.6. The molecule has 0 aromatic heterocycles. The summed E-state index contributed by atoms with van der Waals surface area (Å²) in [5, 5.41) is 18.3. The highest BCUT2D eigenvalue weighted by atomic mass is 19.1. The van der Waals surface area contributed by atoms with E-state index >= 15 is 0 Å². The summed E-state index contributed by atoms with van der Waals surface area (Å²) >= 11 is 0. The Morgan fingerprint density at radius 2 is 1.91 bits per heavy atom. The average Bonchev–Trinajstić information content (AvgIpc) is 2.96. The predicted molar refractivity (Wildman–Crippen MR) is 72.6 cm³/mol. The van der Waals surface area contributed by atoms with E-state index in [-0.39, 0.29) is 13.0 Å². The van der Waals surface area contributed by atoms with Crippen LogP contribution in [0.3, 0.4) is 0 Å². The lowest BCUT2D eigenvalue weighted by molar-refractivity contribution is -0.156. The van der Waals surface area contributed by atoms with Crippen LogP contribution in [-0.4, -0.2) is 39.5 Å². The van der Waals surface area contributed by atoms with Crippen LogP contribution in [0.4, 0.5) is 4.39 Å². The van der Waals surface area contributed by atoms with Crippen molar-refractivity contribution >= 4 is 11.9 Å². The molecule has 5 atom stereocenters. The Hall–Kier alpha value is -1.99. The molecule has 118 valence electrons. The van der Waals surface area contributed by atoms with Crippen LogP contribution < -0.4 is 5.73 Å². The van der Waals surface area contributed by atoms with E-state index in [1.54, 1.807) is 0 Å². The van der Waals surface area contributed by atoms with Crippen molar-refractivity contribution in [1.82, 2.24) is 0 Å². The van der Waals surface area contributed by atoms with E-state index in [4.69, 9.17) is 15.6 Å². The maximum atomic E-state index is 14.3. The van der Waals surface area contributed by atoms with E-state index in [1.807, 2.05) is 30.3 Å². The van der Waals surface area contributed by atoms with Gasteiger partial charge in [0.25, 0.3) is 0 Å². The van der Waals surface area contributed by atoms with Crippen LogP contribution in [0.5, 0.6) is 0 Å². The van der Waals surface area contributed by atoms with Crippen molar-refractivity contribution in [2.24, 2.45) is 17.6 Å². The Morgan fingerprint density at radius 1 is 1.27 bits per heavy atom. The zero-order valence-corrected chi connectivity index (χ0v) is 11.6. The molecular weight excluding hydrogens is 293 g/mol. The number of ether oxygens (including phenoxy) is 1. The standard InChI is InChI=1S/C15H16FNO5/c16-14(12(18)19)9-6-10(15(17,11(9)14)13(20)21)22-7-8-4-2-1-3-5-8/h1-5,9-11H,6-7,17H2,(H,18,19)(H,20,21)/t9-,10-,11+,14-,15+/m1/s1. The first-order valence-electron chi connectivity index (χ1n) is 6.93. The van der Waals surface area contributed by atoms with Gasteiger partial charge in [-0.1, -0.05) is 30.3 Å². The van der Waals surface area contributed by atoms with Crippen LogP contribution in [0.25, 0.3) is 0 Å². The Morgan fingerprint density at radius 3 is 2.45 bits per heavy atom. The largest absolute Gasteiger partial charge is 0.480 e. The Balaban J connectivity index is 1.77. The smallest absolute Gasteiger partial charge is 0.342 e. The quantitative estimate of drug-likeness (QED) is 0.742. The van der Waals surface area contributed by atoms with Crippen molar-refractivity contribution in [2.45, 2.75) is 30.3 Å². The number of carboxylic acids is 2. The molecular formula is C15H16FNO5. The van der Waals surface area contributed by atoms with Crippen molar-refractivity contribution in [1.29, 1.82) is 0 Å². The van der Waals surface area contributed by atoms with Gasteiger partial charge in [0.2, 0.25) is 5.67 Å². The van der Waals surface area contributed by atoms with Crippen molar-refractivity contribution in [2.75, 3.05) is 0 Å². The maximum Gasteiger partial charge on any atom is 0.342 e. The molecule has 3 rings (SSSR count). The SMILES string of the molecule is N[C@]1(C(=O)O)[C@H]2[C@@H](C[C@H]1OCc1ccccc1)[C@]2(F)C(=O)O. The average molecular weight is 309 g/mol. The first-order chi connectivity index (χ1) is 10.3. The fourth-order valence-electron chi connectivity index (χ4n) is 3.58. The minimum atomic E-state index is -2.56. The number of nitrogens with two attached hydrogens (primary N) is 1. The lowest BCUT2D eigenvalue weighted by atomic mass is 9.88. The van der Waals surface area contributed by atoms with Crippen molar-refractivity contribution in [3.8, 4) is 0 Å². The summed E-state index contributed by atoms with van der Waals surface area (Å²) in [5.74, 6) is -5.25. The van der Waals surface area contributed by atoms with E-state index in [1.165, 1.54) is 0 Å². The molecule has 0 radical (unpaired) electrons. The van der Waals surface area contributed by atoms with Crippen molar-refractivity contribution < 1.29 is 28.9 Å². The lowest BCUT2D eigenvalue weighted by Gasteiger charge is -2.31. The molecule has 1 aromatic rings. The third-order valence-electron chi connectivity index (χ3n) is 4.79. The summed E-state index contributed by atoms with van der Waals surface area (Å²) in [6, 6.07) is 9.09. The Kier molecular flexibility index (Phi) is 3.23. The fraction of sp³-hybridized carbons (Fsp3) is 0.467. The summed E-state index contributed by atoms with van der Waals surface area (Å²) in [5.41, 5.74) is 2.14. The summed E-state index contributed by atoms with van der Waals surface area (Å²) in [6.07, 6.45) is -0.924.